The molecule has 1 saturated carbocycles. The first kappa shape index (κ1) is 13.6. The molecule has 0 saturated heterocycles. The second-order valence-electron chi connectivity index (χ2n) is 5.81. The maximum atomic E-state index is 9.50. The van der Waals surface area contributed by atoms with Crippen molar-refractivity contribution < 1.29 is 5.11 Å². The Hall–Kier alpha value is -0.870. The molecule has 4 heteroatoms. The summed E-state index contributed by atoms with van der Waals surface area (Å²) in [6.07, 6.45) is 7.83. The average molecular weight is 251 g/mol. The van der Waals surface area contributed by atoms with E-state index in [9.17, 15) is 5.11 Å². The summed E-state index contributed by atoms with van der Waals surface area (Å²) in [5, 5.41) is 17.4. The van der Waals surface area contributed by atoms with Crippen molar-refractivity contribution in [1.29, 1.82) is 0 Å². The summed E-state index contributed by atoms with van der Waals surface area (Å²) in [5.41, 5.74) is 0.979. The summed E-state index contributed by atoms with van der Waals surface area (Å²) >= 11 is 0. The highest BCUT2D eigenvalue weighted by Gasteiger charge is 2.31. The van der Waals surface area contributed by atoms with Crippen molar-refractivity contribution in [2.45, 2.75) is 64.1 Å². The van der Waals surface area contributed by atoms with Crippen LogP contribution >= 0.6 is 0 Å². The molecule has 2 rings (SSSR count). The van der Waals surface area contributed by atoms with E-state index in [1.54, 1.807) is 0 Å². The minimum atomic E-state index is -0.0960. The van der Waals surface area contributed by atoms with Gasteiger partial charge in [-0.05, 0) is 52.0 Å². The van der Waals surface area contributed by atoms with Gasteiger partial charge in [-0.2, -0.15) is 5.10 Å². The molecule has 1 aromatic heterocycles. The molecule has 4 nitrogen and oxygen atoms in total. The lowest BCUT2D eigenvalue weighted by molar-refractivity contribution is 0.160. The quantitative estimate of drug-likeness (QED) is 0.693. The smallest absolute Gasteiger partial charge is 0.0610 e. The van der Waals surface area contributed by atoms with Gasteiger partial charge in [0.1, 0.15) is 0 Å². The molecule has 0 aromatic carbocycles. The molecule has 0 amide bonds. The molecule has 1 unspecified atom stereocenters. The molecule has 0 aliphatic heterocycles. The van der Waals surface area contributed by atoms with Crippen molar-refractivity contribution in [2.24, 2.45) is 0 Å². The summed E-state index contributed by atoms with van der Waals surface area (Å²) in [5.74, 6) is 0. The number of rotatable bonds is 8. The summed E-state index contributed by atoms with van der Waals surface area (Å²) in [6, 6.07) is 2.68. The van der Waals surface area contributed by atoms with E-state index in [-0.39, 0.29) is 12.1 Å². The highest BCUT2D eigenvalue weighted by atomic mass is 16.3. The molecule has 102 valence electrons. The zero-order valence-electron chi connectivity index (χ0n) is 11.5. The second-order valence-corrected chi connectivity index (χ2v) is 5.81. The SMILES string of the molecule is Cc1ccn(CCCCC(C)(CO)NC2CC2)n1. The predicted octanol–water partition coefficient (Wildman–Crippen LogP) is 1.86. The van der Waals surface area contributed by atoms with Gasteiger partial charge in [0.2, 0.25) is 0 Å². The first-order valence-electron chi connectivity index (χ1n) is 7.00. The van der Waals surface area contributed by atoms with Crippen molar-refractivity contribution in [1.82, 2.24) is 15.1 Å². The van der Waals surface area contributed by atoms with E-state index in [1.807, 2.05) is 23.9 Å². The van der Waals surface area contributed by atoms with Gasteiger partial charge in [-0.1, -0.05) is 0 Å². The van der Waals surface area contributed by atoms with E-state index in [2.05, 4.69) is 17.3 Å². The van der Waals surface area contributed by atoms with Gasteiger partial charge in [-0.25, -0.2) is 0 Å². The van der Waals surface area contributed by atoms with E-state index in [0.717, 1.165) is 31.5 Å². The topological polar surface area (TPSA) is 50.1 Å². The molecule has 1 aromatic rings. The fraction of sp³-hybridized carbons (Fsp3) is 0.786. The third-order valence-corrected chi connectivity index (χ3v) is 3.62. The number of hydrogen-bond acceptors (Lipinski definition) is 3. The number of unbranched alkanes of at least 4 members (excludes halogenated alkanes) is 1. The Labute approximate surface area is 109 Å². The second kappa shape index (κ2) is 5.85. The number of hydrogen-bond donors (Lipinski definition) is 2. The van der Waals surface area contributed by atoms with Crippen LogP contribution in [0.4, 0.5) is 0 Å². The fourth-order valence-corrected chi connectivity index (χ4v) is 2.29. The van der Waals surface area contributed by atoms with Crippen molar-refractivity contribution in [3.05, 3.63) is 18.0 Å². The minimum absolute atomic E-state index is 0.0960. The molecule has 2 N–H and O–H groups in total. The predicted molar refractivity (Wildman–Crippen MR) is 72.5 cm³/mol. The van der Waals surface area contributed by atoms with Crippen molar-refractivity contribution in [3.63, 3.8) is 0 Å². The first-order chi connectivity index (χ1) is 8.61. The number of nitrogens with one attached hydrogen (secondary N) is 1. The van der Waals surface area contributed by atoms with Crippen LogP contribution in [0.1, 0.15) is 44.7 Å². The Morgan fingerprint density at radius 2 is 2.28 bits per heavy atom. The van der Waals surface area contributed by atoms with Gasteiger partial charge in [-0.3, -0.25) is 4.68 Å². The zero-order chi connectivity index (χ0) is 13.0. The Morgan fingerprint density at radius 3 is 2.83 bits per heavy atom. The Bertz CT molecular complexity index is 373. The lowest BCUT2D eigenvalue weighted by atomic mass is 9.95. The molecule has 0 spiro atoms. The van der Waals surface area contributed by atoms with E-state index in [1.165, 1.54) is 12.8 Å². The fourth-order valence-electron chi connectivity index (χ4n) is 2.29. The van der Waals surface area contributed by atoms with Crippen LogP contribution in [0.25, 0.3) is 0 Å². The lowest BCUT2D eigenvalue weighted by Gasteiger charge is -2.29. The molecular weight excluding hydrogens is 226 g/mol. The van der Waals surface area contributed by atoms with Crippen LogP contribution < -0.4 is 5.32 Å². The third kappa shape index (κ3) is 4.10. The summed E-state index contributed by atoms with van der Waals surface area (Å²) in [4.78, 5) is 0. The molecule has 1 heterocycles. The highest BCUT2D eigenvalue weighted by molar-refractivity contribution is 4.95. The van der Waals surface area contributed by atoms with E-state index >= 15 is 0 Å². The van der Waals surface area contributed by atoms with E-state index < -0.39 is 0 Å². The number of aliphatic hydroxyl groups excluding tert-OH is 1. The Balaban J connectivity index is 1.66. The monoisotopic (exact) mass is 251 g/mol. The van der Waals surface area contributed by atoms with Crippen molar-refractivity contribution >= 4 is 0 Å². The summed E-state index contributed by atoms with van der Waals surface area (Å²) in [6.45, 7) is 5.34. The molecule has 1 aliphatic carbocycles. The van der Waals surface area contributed by atoms with Gasteiger partial charge >= 0.3 is 0 Å². The van der Waals surface area contributed by atoms with Gasteiger partial charge in [-0.15, -0.1) is 0 Å². The summed E-state index contributed by atoms with van der Waals surface area (Å²) in [7, 11) is 0. The van der Waals surface area contributed by atoms with Gasteiger partial charge < -0.3 is 10.4 Å². The number of nitrogens with zero attached hydrogens (tertiary/aromatic N) is 2. The third-order valence-electron chi connectivity index (χ3n) is 3.62. The van der Waals surface area contributed by atoms with Crippen LogP contribution in [0.5, 0.6) is 0 Å². The molecule has 1 atom stereocenters. The van der Waals surface area contributed by atoms with E-state index in [0.29, 0.717) is 6.04 Å². The van der Waals surface area contributed by atoms with Crippen LogP contribution in [0.3, 0.4) is 0 Å². The molecule has 1 aliphatic rings. The van der Waals surface area contributed by atoms with Gasteiger partial charge in [0.05, 0.1) is 12.3 Å². The normalized spacial score (nSPS) is 18.8. The minimum Gasteiger partial charge on any atom is -0.394 e. The highest BCUT2D eigenvalue weighted by Crippen LogP contribution is 2.24. The van der Waals surface area contributed by atoms with Crippen LogP contribution in [-0.4, -0.2) is 33.1 Å². The van der Waals surface area contributed by atoms with Crippen LogP contribution in [0.15, 0.2) is 12.3 Å². The van der Waals surface area contributed by atoms with Gasteiger partial charge in [0.15, 0.2) is 0 Å². The van der Waals surface area contributed by atoms with Crippen molar-refractivity contribution in [2.75, 3.05) is 6.61 Å². The maximum absolute atomic E-state index is 9.50. The lowest BCUT2D eigenvalue weighted by Crippen LogP contribution is -2.46. The van der Waals surface area contributed by atoms with Gasteiger partial charge in [0, 0.05) is 24.3 Å². The molecule has 0 bridgehead atoms. The van der Waals surface area contributed by atoms with Crippen LogP contribution in [-0.2, 0) is 6.54 Å². The molecular formula is C14H25N3O. The number of aromatic nitrogens is 2. The summed E-state index contributed by atoms with van der Waals surface area (Å²) < 4.78 is 2.00. The number of aryl methyl sites for hydroxylation is 2. The average Bonchev–Trinajstić information content (AvgIpc) is 3.06. The maximum Gasteiger partial charge on any atom is 0.0610 e. The Kier molecular flexibility index (Phi) is 4.40. The van der Waals surface area contributed by atoms with E-state index in [4.69, 9.17) is 0 Å². The van der Waals surface area contributed by atoms with Crippen molar-refractivity contribution in [3.8, 4) is 0 Å². The Morgan fingerprint density at radius 1 is 1.50 bits per heavy atom. The zero-order valence-corrected chi connectivity index (χ0v) is 11.5. The van der Waals surface area contributed by atoms with Crippen LogP contribution in [0.2, 0.25) is 0 Å². The first-order valence-corrected chi connectivity index (χ1v) is 7.00. The molecule has 0 radical (unpaired) electrons. The largest absolute Gasteiger partial charge is 0.394 e. The number of aliphatic hydroxyl groups is 1. The molecule has 1 fully saturated rings. The van der Waals surface area contributed by atoms with Gasteiger partial charge in [0.25, 0.3) is 0 Å². The standard InChI is InChI=1S/C14H25N3O/c1-12-7-10-17(16-12)9-4-3-8-14(2,11-18)15-13-5-6-13/h7,10,13,15,18H,3-6,8-9,11H2,1-2H3. The molecule has 18 heavy (non-hydrogen) atoms. The van der Waals surface area contributed by atoms with Crippen LogP contribution in [0, 0.1) is 6.92 Å².